The SMILES string of the molecule is CCOC(=O)CCN(CC(C)(C)C)C(=O)C(=[N+]=[N-])C(C)=O. The third-order valence-corrected chi connectivity index (χ3v) is 2.48. The second-order valence-electron chi connectivity index (χ2n) is 5.85. The fourth-order valence-electron chi connectivity index (χ4n) is 1.70. The summed E-state index contributed by atoms with van der Waals surface area (Å²) in [5.41, 5.74) is 8.03. The van der Waals surface area contributed by atoms with Crippen LogP contribution in [0.3, 0.4) is 0 Å². The number of hydrogen-bond acceptors (Lipinski definition) is 4. The maximum atomic E-state index is 12.2. The Morgan fingerprint density at radius 1 is 1.24 bits per heavy atom. The minimum atomic E-state index is -0.691. The molecule has 1 amide bonds. The van der Waals surface area contributed by atoms with Crippen LogP contribution in [0.25, 0.3) is 5.53 Å². The van der Waals surface area contributed by atoms with Crippen LogP contribution < -0.4 is 0 Å². The van der Waals surface area contributed by atoms with Gasteiger partial charge in [-0.25, -0.2) is 0 Å². The summed E-state index contributed by atoms with van der Waals surface area (Å²) >= 11 is 0. The third-order valence-electron chi connectivity index (χ3n) is 2.48. The molecule has 0 aromatic carbocycles. The van der Waals surface area contributed by atoms with Crippen molar-refractivity contribution in [3.63, 3.8) is 0 Å². The van der Waals surface area contributed by atoms with Gasteiger partial charge in [0.05, 0.1) is 13.0 Å². The Kier molecular flexibility index (Phi) is 7.52. The van der Waals surface area contributed by atoms with E-state index in [4.69, 9.17) is 10.3 Å². The van der Waals surface area contributed by atoms with E-state index >= 15 is 0 Å². The highest BCUT2D eigenvalue weighted by Gasteiger charge is 2.33. The maximum Gasteiger partial charge on any atom is 0.421 e. The summed E-state index contributed by atoms with van der Waals surface area (Å²) in [5.74, 6) is -1.74. The van der Waals surface area contributed by atoms with Gasteiger partial charge in [-0.15, -0.1) is 0 Å². The maximum absolute atomic E-state index is 12.2. The predicted octanol–water partition coefficient (Wildman–Crippen LogP) is 1.07. The molecule has 0 radical (unpaired) electrons. The number of carbonyl (C=O) groups excluding carboxylic acids is 3. The molecule has 0 unspecified atom stereocenters. The lowest BCUT2D eigenvalue weighted by Gasteiger charge is -2.28. The molecule has 7 nitrogen and oxygen atoms in total. The molecule has 0 aliphatic carbocycles. The number of nitrogens with zero attached hydrogens (tertiary/aromatic N) is 3. The molecule has 0 bridgehead atoms. The molecule has 21 heavy (non-hydrogen) atoms. The summed E-state index contributed by atoms with van der Waals surface area (Å²) in [6.45, 7) is 9.28. The lowest BCUT2D eigenvalue weighted by molar-refractivity contribution is -0.144. The van der Waals surface area contributed by atoms with Crippen molar-refractivity contribution in [1.82, 2.24) is 4.90 Å². The molecule has 118 valence electrons. The molecule has 0 fully saturated rings. The second-order valence-corrected chi connectivity index (χ2v) is 5.85. The predicted molar refractivity (Wildman–Crippen MR) is 76.6 cm³/mol. The van der Waals surface area contributed by atoms with Crippen molar-refractivity contribution in [1.29, 1.82) is 0 Å². The van der Waals surface area contributed by atoms with Crippen molar-refractivity contribution in [3.8, 4) is 0 Å². The summed E-state index contributed by atoms with van der Waals surface area (Å²) < 4.78 is 4.81. The van der Waals surface area contributed by atoms with Crippen molar-refractivity contribution in [2.45, 2.75) is 41.0 Å². The highest BCUT2D eigenvalue weighted by atomic mass is 16.5. The second kappa shape index (κ2) is 8.32. The summed E-state index contributed by atoms with van der Waals surface area (Å²) in [6.07, 6.45) is 0.0201. The smallest absolute Gasteiger partial charge is 0.421 e. The number of Topliss-reactive ketones (excluding diaryl/α,β-unsaturated/α-hetero) is 1. The quantitative estimate of drug-likeness (QED) is 0.231. The molecule has 0 atom stereocenters. The fraction of sp³-hybridized carbons (Fsp3) is 0.714. The van der Waals surface area contributed by atoms with Crippen molar-refractivity contribution in [2.75, 3.05) is 19.7 Å². The van der Waals surface area contributed by atoms with E-state index in [0.717, 1.165) is 6.92 Å². The molecule has 7 heteroatoms. The molecule has 0 rings (SSSR count). The van der Waals surface area contributed by atoms with Gasteiger partial charge in [-0.1, -0.05) is 20.8 Å². The molecule has 0 aliphatic rings. The van der Waals surface area contributed by atoms with Crippen molar-refractivity contribution < 1.29 is 23.9 Å². The zero-order chi connectivity index (χ0) is 16.6. The topological polar surface area (TPSA) is 100 Å². The van der Waals surface area contributed by atoms with Crippen LogP contribution in [0.1, 0.15) is 41.0 Å². The average molecular weight is 297 g/mol. The van der Waals surface area contributed by atoms with Crippen LogP contribution in [-0.2, 0) is 19.1 Å². The van der Waals surface area contributed by atoms with Crippen LogP contribution >= 0.6 is 0 Å². The Balaban J connectivity index is 5.06. The first kappa shape index (κ1) is 19.0. The van der Waals surface area contributed by atoms with Gasteiger partial charge in [-0.2, -0.15) is 4.79 Å². The Labute approximate surface area is 124 Å². The van der Waals surface area contributed by atoms with Gasteiger partial charge in [-0.3, -0.25) is 14.4 Å². The Hall–Kier alpha value is -2.01. The standard InChI is InChI=1S/C14H23N3O4/c1-6-21-11(19)7-8-17(9-14(3,4)5)13(20)12(16-15)10(2)18/h6-9H2,1-5H3. The normalized spacial score (nSPS) is 10.5. The molecule has 0 aromatic rings. The first-order chi connectivity index (χ1) is 9.62. The molecule has 0 saturated carbocycles. The fourth-order valence-corrected chi connectivity index (χ4v) is 1.70. The van der Waals surface area contributed by atoms with Crippen LogP contribution in [0.5, 0.6) is 0 Å². The van der Waals surface area contributed by atoms with Gasteiger partial charge >= 0.3 is 17.6 Å². The van der Waals surface area contributed by atoms with Gasteiger partial charge < -0.3 is 15.2 Å². The van der Waals surface area contributed by atoms with Crippen molar-refractivity contribution >= 4 is 23.4 Å². The minimum Gasteiger partial charge on any atom is -0.466 e. The number of rotatable bonds is 7. The first-order valence-electron chi connectivity index (χ1n) is 6.80. The number of ether oxygens (including phenoxy) is 1. The van der Waals surface area contributed by atoms with Gasteiger partial charge in [0.25, 0.3) is 0 Å². The third kappa shape index (κ3) is 7.37. The van der Waals surface area contributed by atoms with Gasteiger partial charge in [-0.05, 0) is 12.3 Å². The number of carbonyl (C=O) groups is 3. The molecule has 0 aromatic heterocycles. The van der Waals surface area contributed by atoms with Crippen LogP contribution in [0, 0.1) is 5.41 Å². The highest BCUT2D eigenvalue weighted by Crippen LogP contribution is 2.16. The van der Waals surface area contributed by atoms with Gasteiger partial charge in [0.2, 0.25) is 5.78 Å². The lowest BCUT2D eigenvalue weighted by Crippen LogP contribution is -2.44. The van der Waals surface area contributed by atoms with E-state index in [0.29, 0.717) is 6.54 Å². The Bertz CT molecular complexity index is 459. The van der Waals surface area contributed by atoms with E-state index in [1.807, 2.05) is 20.8 Å². The van der Waals surface area contributed by atoms with Crippen LogP contribution in [-0.4, -0.2) is 52.8 Å². The molecule has 0 saturated heterocycles. The van der Waals surface area contributed by atoms with Crippen molar-refractivity contribution in [2.24, 2.45) is 5.41 Å². The van der Waals surface area contributed by atoms with Crippen LogP contribution in [0.2, 0.25) is 0 Å². The zero-order valence-electron chi connectivity index (χ0n) is 13.3. The molecule has 0 heterocycles. The monoisotopic (exact) mass is 297 g/mol. The number of esters is 1. The first-order valence-corrected chi connectivity index (χ1v) is 6.80. The summed E-state index contributed by atoms with van der Waals surface area (Å²) in [4.78, 5) is 39.0. The van der Waals surface area contributed by atoms with Gasteiger partial charge in [0, 0.05) is 20.0 Å². The number of amides is 1. The zero-order valence-corrected chi connectivity index (χ0v) is 13.3. The summed E-state index contributed by atoms with van der Waals surface area (Å²) in [5, 5.41) is 0. The molecule has 0 spiro atoms. The van der Waals surface area contributed by atoms with E-state index in [1.165, 1.54) is 4.90 Å². The molecular weight excluding hydrogens is 274 g/mol. The van der Waals surface area contributed by atoms with E-state index in [9.17, 15) is 14.4 Å². The largest absolute Gasteiger partial charge is 0.466 e. The van der Waals surface area contributed by atoms with E-state index in [1.54, 1.807) is 6.92 Å². The van der Waals surface area contributed by atoms with E-state index < -0.39 is 23.4 Å². The number of hydrogen-bond donors (Lipinski definition) is 0. The molecule has 0 N–H and O–H groups in total. The van der Waals surface area contributed by atoms with Gasteiger partial charge in [0.1, 0.15) is 0 Å². The molecule has 0 aliphatic heterocycles. The van der Waals surface area contributed by atoms with Crippen molar-refractivity contribution in [3.05, 3.63) is 5.53 Å². The van der Waals surface area contributed by atoms with Crippen LogP contribution in [0.4, 0.5) is 0 Å². The average Bonchev–Trinajstić information content (AvgIpc) is 2.33. The Morgan fingerprint density at radius 3 is 2.19 bits per heavy atom. The number of ketones is 1. The van der Waals surface area contributed by atoms with Crippen LogP contribution in [0.15, 0.2) is 0 Å². The molecular formula is C14H23N3O4. The minimum absolute atomic E-state index is 0.0201. The van der Waals surface area contributed by atoms with E-state index in [-0.39, 0.29) is 25.0 Å². The van der Waals surface area contributed by atoms with Gasteiger partial charge in [0.15, 0.2) is 0 Å². The summed E-state index contributed by atoms with van der Waals surface area (Å²) in [7, 11) is 0. The summed E-state index contributed by atoms with van der Waals surface area (Å²) in [6, 6.07) is 0. The lowest BCUT2D eigenvalue weighted by atomic mass is 9.95. The van der Waals surface area contributed by atoms with E-state index in [2.05, 4.69) is 4.79 Å². The highest BCUT2D eigenvalue weighted by molar-refractivity contribution is 6.63. The Morgan fingerprint density at radius 2 is 1.81 bits per heavy atom.